The highest BCUT2D eigenvalue weighted by Gasteiger charge is 2.18. The topological polar surface area (TPSA) is 39.2 Å². The molecule has 1 aromatic rings. The van der Waals surface area contributed by atoms with E-state index in [1.165, 1.54) is 0 Å². The molecule has 0 radical (unpaired) electrons. The average Bonchev–Trinajstić information content (AvgIpc) is 2.08. The molecule has 0 atom stereocenters. The van der Waals surface area contributed by atoms with E-state index in [1.54, 1.807) is 20.8 Å². The van der Waals surface area contributed by atoms with E-state index in [0.29, 0.717) is 0 Å². The van der Waals surface area contributed by atoms with Gasteiger partial charge in [0.1, 0.15) is 5.60 Å². The van der Waals surface area contributed by atoms with E-state index in [2.05, 4.69) is 4.98 Å². The Morgan fingerprint density at radius 2 is 2.00 bits per heavy atom. The molecular weight excluding hydrogens is 204 g/mol. The Morgan fingerprint density at radius 1 is 1.40 bits per heavy atom. The Hall–Kier alpha value is -1.52. The maximum absolute atomic E-state index is 13.2. The molecule has 0 bridgehead atoms. The third-order valence-corrected chi connectivity index (χ3v) is 1.45. The second-order valence-corrected chi connectivity index (χ2v) is 3.99. The van der Waals surface area contributed by atoms with E-state index < -0.39 is 28.8 Å². The van der Waals surface area contributed by atoms with Gasteiger partial charge in [-0.05, 0) is 26.8 Å². The molecule has 15 heavy (non-hydrogen) atoms. The van der Waals surface area contributed by atoms with Crippen molar-refractivity contribution >= 4 is 6.29 Å². The summed E-state index contributed by atoms with van der Waals surface area (Å²) >= 11 is 0. The predicted octanol–water partition coefficient (Wildman–Crippen LogP) is 2.35. The fraction of sp³-hybridized carbons (Fsp3) is 0.400. The largest absolute Gasteiger partial charge is 0.470 e. The zero-order valence-electron chi connectivity index (χ0n) is 8.67. The fourth-order valence-electron chi connectivity index (χ4n) is 0.909. The van der Waals surface area contributed by atoms with Crippen LogP contribution in [0.3, 0.4) is 0 Å². The van der Waals surface area contributed by atoms with Gasteiger partial charge in [-0.15, -0.1) is 0 Å². The first-order chi connectivity index (χ1) is 6.83. The van der Waals surface area contributed by atoms with Crippen LogP contribution in [0.15, 0.2) is 6.07 Å². The van der Waals surface area contributed by atoms with Crippen molar-refractivity contribution in [3.8, 4) is 5.88 Å². The molecule has 0 aromatic carbocycles. The summed E-state index contributed by atoms with van der Waals surface area (Å²) in [6.07, 6.45) is 0.201. The van der Waals surface area contributed by atoms with Crippen LogP contribution in [0.1, 0.15) is 31.1 Å². The van der Waals surface area contributed by atoms with Gasteiger partial charge in [-0.2, -0.15) is 9.37 Å². The maximum atomic E-state index is 13.2. The van der Waals surface area contributed by atoms with Crippen molar-refractivity contribution in [1.29, 1.82) is 0 Å². The molecule has 1 heterocycles. The third-order valence-electron chi connectivity index (χ3n) is 1.45. The lowest BCUT2D eigenvalue weighted by Gasteiger charge is -2.20. The minimum atomic E-state index is -1.04. The number of pyridine rings is 1. The molecule has 0 fully saturated rings. The van der Waals surface area contributed by atoms with Gasteiger partial charge >= 0.3 is 0 Å². The Kier molecular flexibility index (Phi) is 3.02. The standard InChI is InChI=1S/C10H11F2NO2/c1-10(2,3)15-9-7(11)4-6(5-14)8(12)13-9/h4-5H,1-3H3. The van der Waals surface area contributed by atoms with Crippen LogP contribution in [0.2, 0.25) is 0 Å². The zero-order valence-corrected chi connectivity index (χ0v) is 8.67. The van der Waals surface area contributed by atoms with Gasteiger partial charge in [0.25, 0.3) is 5.88 Å². The number of hydrogen-bond acceptors (Lipinski definition) is 3. The summed E-state index contributed by atoms with van der Waals surface area (Å²) in [6, 6.07) is 0.760. The smallest absolute Gasteiger partial charge is 0.253 e. The van der Waals surface area contributed by atoms with Gasteiger partial charge in [-0.1, -0.05) is 0 Å². The molecule has 5 heteroatoms. The van der Waals surface area contributed by atoms with Crippen LogP contribution >= 0.6 is 0 Å². The normalized spacial score (nSPS) is 11.3. The fourth-order valence-corrected chi connectivity index (χ4v) is 0.909. The second kappa shape index (κ2) is 3.92. The number of rotatable bonds is 2. The number of ether oxygens (including phenoxy) is 1. The molecule has 3 nitrogen and oxygen atoms in total. The molecular formula is C10H11F2NO2. The minimum Gasteiger partial charge on any atom is -0.470 e. The van der Waals surface area contributed by atoms with Crippen LogP contribution < -0.4 is 4.74 Å². The summed E-state index contributed by atoms with van der Waals surface area (Å²) in [6.45, 7) is 5.04. The quantitative estimate of drug-likeness (QED) is 0.561. The summed E-state index contributed by atoms with van der Waals surface area (Å²) < 4.78 is 31.3. The lowest BCUT2D eigenvalue weighted by molar-refractivity contribution is 0.110. The van der Waals surface area contributed by atoms with Gasteiger partial charge in [-0.25, -0.2) is 4.39 Å². The molecule has 1 aromatic heterocycles. The molecule has 1 rings (SSSR count). The number of hydrogen-bond donors (Lipinski definition) is 0. The third kappa shape index (κ3) is 2.97. The molecule has 0 aliphatic rings. The molecule has 0 spiro atoms. The van der Waals surface area contributed by atoms with Gasteiger partial charge < -0.3 is 4.74 Å². The molecule has 0 aliphatic heterocycles. The van der Waals surface area contributed by atoms with Crippen molar-refractivity contribution in [1.82, 2.24) is 4.98 Å². The van der Waals surface area contributed by atoms with Gasteiger partial charge in [0.05, 0.1) is 5.56 Å². The predicted molar refractivity (Wildman–Crippen MR) is 49.9 cm³/mol. The van der Waals surface area contributed by atoms with Gasteiger partial charge in [0.2, 0.25) is 5.95 Å². The van der Waals surface area contributed by atoms with Gasteiger partial charge in [-0.3, -0.25) is 4.79 Å². The first-order valence-electron chi connectivity index (χ1n) is 4.34. The van der Waals surface area contributed by atoms with Crippen LogP contribution in [0.5, 0.6) is 5.88 Å². The van der Waals surface area contributed by atoms with Gasteiger partial charge in [0.15, 0.2) is 12.1 Å². The summed E-state index contributed by atoms with van der Waals surface area (Å²) in [4.78, 5) is 13.5. The first kappa shape index (κ1) is 11.6. The number of aromatic nitrogens is 1. The minimum absolute atomic E-state index is 0.201. The number of halogens is 2. The summed E-state index contributed by atoms with van der Waals surface area (Å²) in [5.41, 5.74) is -1.10. The summed E-state index contributed by atoms with van der Waals surface area (Å²) in [7, 11) is 0. The molecule has 0 aliphatic carbocycles. The maximum Gasteiger partial charge on any atom is 0.253 e. The van der Waals surface area contributed by atoms with Crippen LogP contribution in [0, 0.1) is 11.8 Å². The molecule has 0 unspecified atom stereocenters. The highest BCUT2D eigenvalue weighted by molar-refractivity contribution is 5.74. The molecule has 0 saturated heterocycles. The van der Waals surface area contributed by atoms with E-state index in [-0.39, 0.29) is 6.29 Å². The van der Waals surface area contributed by atoms with Crippen molar-refractivity contribution in [3.63, 3.8) is 0 Å². The summed E-state index contributed by atoms with van der Waals surface area (Å²) in [5.74, 6) is -2.33. The molecule has 0 N–H and O–H groups in total. The van der Waals surface area contributed by atoms with E-state index in [9.17, 15) is 13.6 Å². The van der Waals surface area contributed by atoms with Crippen molar-refractivity contribution in [2.45, 2.75) is 26.4 Å². The first-order valence-corrected chi connectivity index (χ1v) is 4.34. The SMILES string of the molecule is CC(C)(C)Oc1nc(F)c(C=O)cc1F. The molecule has 82 valence electrons. The van der Waals surface area contributed by atoms with E-state index in [1.807, 2.05) is 0 Å². The van der Waals surface area contributed by atoms with Crippen LogP contribution in [0.4, 0.5) is 8.78 Å². The van der Waals surface area contributed by atoms with Crippen molar-refractivity contribution < 1.29 is 18.3 Å². The van der Waals surface area contributed by atoms with Crippen LogP contribution in [-0.4, -0.2) is 16.9 Å². The second-order valence-electron chi connectivity index (χ2n) is 3.99. The Labute approximate surface area is 86.1 Å². The lowest BCUT2D eigenvalue weighted by Crippen LogP contribution is -2.24. The zero-order chi connectivity index (χ0) is 11.6. The Bertz CT molecular complexity index is 386. The monoisotopic (exact) mass is 215 g/mol. The highest BCUT2D eigenvalue weighted by Crippen LogP contribution is 2.21. The van der Waals surface area contributed by atoms with E-state index in [4.69, 9.17) is 4.74 Å². The van der Waals surface area contributed by atoms with Crippen molar-refractivity contribution in [3.05, 3.63) is 23.4 Å². The Morgan fingerprint density at radius 3 is 2.47 bits per heavy atom. The molecule has 0 saturated carbocycles. The number of carbonyl (C=O) groups excluding carboxylic acids is 1. The Balaban J connectivity index is 3.11. The van der Waals surface area contributed by atoms with Crippen LogP contribution in [-0.2, 0) is 0 Å². The van der Waals surface area contributed by atoms with Crippen LogP contribution in [0.25, 0.3) is 0 Å². The average molecular weight is 215 g/mol. The number of aldehydes is 1. The van der Waals surface area contributed by atoms with Crippen molar-refractivity contribution in [2.24, 2.45) is 0 Å². The lowest BCUT2D eigenvalue weighted by atomic mass is 10.2. The highest BCUT2D eigenvalue weighted by atomic mass is 19.1. The number of carbonyl (C=O) groups is 1. The molecule has 0 amide bonds. The van der Waals surface area contributed by atoms with E-state index >= 15 is 0 Å². The van der Waals surface area contributed by atoms with Crippen molar-refractivity contribution in [2.75, 3.05) is 0 Å². The number of nitrogens with zero attached hydrogens (tertiary/aromatic N) is 1. The van der Waals surface area contributed by atoms with E-state index in [0.717, 1.165) is 6.07 Å². The summed E-state index contributed by atoms with van der Waals surface area (Å²) in [5, 5.41) is 0. The van der Waals surface area contributed by atoms with Gasteiger partial charge in [0, 0.05) is 0 Å².